The number of aliphatic hydroxyl groups excluding tert-OH is 2. The first-order chi connectivity index (χ1) is 13.6. The van der Waals surface area contributed by atoms with Gasteiger partial charge in [0.1, 0.15) is 0 Å². The zero-order valence-electron chi connectivity index (χ0n) is 16.6. The predicted octanol–water partition coefficient (Wildman–Crippen LogP) is 1.22. The molecule has 0 aliphatic carbocycles. The van der Waals surface area contributed by atoms with Crippen LogP contribution in [0, 0.1) is 0 Å². The Labute approximate surface area is 168 Å². The van der Waals surface area contributed by atoms with E-state index in [0.29, 0.717) is 13.1 Å². The summed E-state index contributed by atoms with van der Waals surface area (Å²) in [4.78, 5) is 4.49. The van der Waals surface area contributed by atoms with Crippen molar-refractivity contribution >= 4 is 11.4 Å². The molecule has 0 aliphatic rings. The quantitative estimate of drug-likeness (QED) is 0.387. The third-order valence-electron chi connectivity index (χ3n) is 5.07. The number of nitrogens with two attached hydrogens (primary N) is 2. The molecule has 0 fully saturated rings. The number of rotatable bonds is 13. The number of hydrogen-bond donors (Lipinski definition) is 4. The van der Waals surface area contributed by atoms with Crippen molar-refractivity contribution in [2.24, 2.45) is 0 Å². The summed E-state index contributed by atoms with van der Waals surface area (Å²) in [5, 5.41) is 18.8. The van der Waals surface area contributed by atoms with E-state index >= 15 is 0 Å². The highest BCUT2D eigenvalue weighted by Gasteiger charge is 2.11. The molecule has 0 heterocycles. The Morgan fingerprint density at radius 3 is 1.32 bits per heavy atom. The first kappa shape index (κ1) is 22.2. The smallest absolute Gasteiger partial charge is 0.0558 e. The second kappa shape index (κ2) is 12.4. The van der Waals surface area contributed by atoms with Crippen molar-refractivity contribution in [1.29, 1.82) is 0 Å². The summed E-state index contributed by atoms with van der Waals surface area (Å²) >= 11 is 0. The molecule has 154 valence electrons. The second-order valence-corrected chi connectivity index (χ2v) is 7.03. The fraction of sp³-hybridized carbons (Fsp3) is 0.455. The molecule has 0 aliphatic heterocycles. The first-order valence-corrected chi connectivity index (χ1v) is 9.97. The van der Waals surface area contributed by atoms with Gasteiger partial charge in [-0.15, -0.1) is 0 Å². The van der Waals surface area contributed by atoms with Crippen LogP contribution in [0.5, 0.6) is 0 Å². The Kier molecular flexibility index (Phi) is 9.79. The molecule has 6 N–H and O–H groups in total. The number of benzene rings is 2. The lowest BCUT2D eigenvalue weighted by atomic mass is 10.1. The summed E-state index contributed by atoms with van der Waals surface area (Å²) in [6.45, 7) is 4.86. The number of hydrogen-bond acceptors (Lipinski definition) is 6. The number of para-hydroxylation sites is 2. The number of anilines is 2. The van der Waals surface area contributed by atoms with E-state index in [0.717, 1.165) is 61.5 Å². The average Bonchev–Trinajstić information content (AvgIpc) is 2.70. The molecule has 2 rings (SSSR count). The molecule has 0 unspecified atom stereocenters. The van der Waals surface area contributed by atoms with Gasteiger partial charge in [0.25, 0.3) is 0 Å². The van der Waals surface area contributed by atoms with E-state index in [9.17, 15) is 10.2 Å². The van der Waals surface area contributed by atoms with Gasteiger partial charge >= 0.3 is 0 Å². The number of nitrogens with zero attached hydrogens (tertiary/aromatic N) is 2. The van der Waals surface area contributed by atoms with Crippen molar-refractivity contribution in [3.05, 3.63) is 59.7 Å². The Hall–Kier alpha value is -2.12. The fourth-order valence-corrected chi connectivity index (χ4v) is 3.32. The highest BCUT2D eigenvalue weighted by Crippen LogP contribution is 2.13. The largest absolute Gasteiger partial charge is 0.399 e. The molecule has 6 heteroatoms. The lowest BCUT2D eigenvalue weighted by molar-refractivity contribution is 0.152. The molecule has 6 nitrogen and oxygen atoms in total. The number of aliphatic hydroxyl groups is 2. The molecule has 28 heavy (non-hydrogen) atoms. The zero-order valence-corrected chi connectivity index (χ0v) is 16.6. The van der Waals surface area contributed by atoms with Crippen molar-refractivity contribution < 1.29 is 10.2 Å². The standard InChI is InChI=1S/C22H34N4O2/c23-21-7-3-1-5-19(21)9-11-25(15-17-27)13-14-26(16-18-28)12-10-20-6-2-4-8-22(20)24/h1-8,27-28H,9-18,23-24H2. The van der Waals surface area contributed by atoms with E-state index in [2.05, 4.69) is 21.9 Å². The highest BCUT2D eigenvalue weighted by molar-refractivity contribution is 5.47. The van der Waals surface area contributed by atoms with Crippen LogP contribution in [0.25, 0.3) is 0 Å². The van der Waals surface area contributed by atoms with Crippen molar-refractivity contribution in [2.75, 3.05) is 63.9 Å². The zero-order chi connectivity index (χ0) is 20.2. The SMILES string of the molecule is Nc1ccccc1CCN(CCO)CCN(CCO)CCc1ccccc1N. The molecule has 2 aromatic rings. The normalized spacial score (nSPS) is 11.4. The fourth-order valence-electron chi connectivity index (χ4n) is 3.32. The lowest BCUT2D eigenvalue weighted by Crippen LogP contribution is -2.39. The lowest BCUT2D eigenvalue weighted by Gasteiger charge is -2.27. The van der Waals surface area contributed by atoms with Crippen molar-refractivity contribution in [1.82, 2.24) is 9.80 Å². The third-order valence-corrected chi connectivity index (χ3v) is 5.07. The van der Waals surface area contributed by atoms with E-state index in [4.69, 9.17) is 11.5 Å². The predicted molar refractivity (Wildman–Crippen MR) is 116 cm³/mol. The van der Waals surface area contributed by atoms with E-state index in [1.165, 1.54) is 0 Å². The maximum atomic E-state index is 9.41. The topological polar surface area (TPSA) is 99.0 Å². The molecule has 0 aromatic heterocycles. The van der Waals surface area contributed by atoms with Gasteiger partial charge in [0.2, 0.25) is 0 Å². The number of nitrogen functional groups attached to an aromatic ring is 2. The molecule has 0 saturated heterocycles. The van der Waals surface area contributed by atoms with Gasteiger partial charge in [-0.05, 0) is 36.1 Å². The summed E-state index contributed by atoms with van der Waals surface area (Å²) in [5.74, 6) is 0. The Morgan fingerprint density at radius 1 is 0.571 bits per heavy atom. The second-order valence-electron chi connectivity index (χ2n) is 7.03. The van der Waals surface area contributed by atoms with Crippen LogP contribution >= 0.6 is 0 Å². The maximum absolute atomic E-state index is 9.41. The van der Waals surface area contributed by atoms with Gasteiger partial charge < -0.3 is 21.7 Å². The van der Waals surface area contributed by atoms with Crippen LogP contribution < -0.4 is 11.5 Å². The highest BCUT2D eigenvalue weighted by atomic mass is 16.3. The molecule has 2 aromatic carbocycles. The van der Waals surface area contributed by atoms with Crippen molar-refractivity contribution in [2.45, 2.75) is 12.8 Å². The van der Waals surface area contributed by atoms with Crippen LogP contribution in [0.3, 0.4) is 0 Å². The van der Waals surface area contributed by atoms with E-state index < -0.39 is 0 Å². The first-order valence-electron chi connectivity index (χ1n) is 9.97. The molecular weight excluding hydrogens is 352 g/mol. The molecule has 0 spiro atoms. The minimum Gasteiger partial charge on any atom is -0.399 e. The van der Waals surface area contributed by atoms with Gasteiger partial charge in [0.15, 0.2) is 0 Å². The molecular formula is C22H34N4O2. The monoisotopic (exact) mass is 386 g/mol. The van der Waals surface area contributed by atoms with Gasteiger partial charge in [0.05, 0.1) is 13.2 Å². The Balaban J connectivity index is 1.85. The molecule has 0 radical (unpaired) electrons. The van der Waals surface area contributed by atoms with Gasteiger partial charge in [-0.2, -0.15) is 0 Å². The molecule has 0 amide bonds. The molecule has 0 bridgehead atoms. The van der Waals surface area contributed by atoms with E-state index in [1.54, 1.807) is 0 Å². The minimum atomic E-state index is 0.130. The van der Waals surface area contributed by atoms with Crippen LogP contribution in [0.4, 0.5) is 11.4 Å². The summed E-state index contributed by atoms with van der Waals surface area (Å²) in [6.07, 6.45) is 1.71. The van der Waals surface area contributed by atoms with Crippen LogP contribution in [-0.4, -0.2) is 72.5 Å². The van der Waals surface area contributed by atoms with Crippen LogP contribution in [-0.2, 0) is 12.8 Å². The minimum absolute atomic E-state index is 0.130. The van der Waals surface area contributed by atoms with Gasteiger partial charge in [0, 0.05) is 50.6 Å². The van der Waals surface area contributed by atoms with Crippen LogP contribution in [0.2, 0.25) is 0 Å². The van der Waals surface area contributed by atoms with Gasteiger partial charge in [-0.25, -0.2) is 0 Å². The molecule has 0 atom stereocenters. The van der Waals surface area contributed by atoms with E-state index in [1.807, 2.05) is 36.4 Å². The van der Waals surface area contributed by atoms with E-state index in [-0.39, 0.29) is 13.2 Å². The maximum Gasteiger partial charge on any atom is 0.0558 e. The van der Waals surface area contributed by atoms with Crippen molar-refractivity contribution in [3.63, 3.8) is 0 Å². The summed E-state index contributed by atoms with van der Waals surface area (Å²) in [7, 11) is 0. The van der Waals surface area contributed by atoms with Crippen LogP contribution in [0.1, 0.15) is 11.1 Å². The molecule has 0 saturated carbocycles. The van der Waals surface area contributed by atoms with Crippen LogP contribution in [0.15, 0.2) is 48.5 Å². The summed E-state index contributed by atoms with van der Waals surface area (Å²) in [6, 6.07) is 15.8. The average molecular weight is 387 g/mol. The summed E-state index contributed by atoms with van der Waals surface area (Å²) in [5.41, 5.74) is 16.0. The Bertz CT molecular complexity index is 636. The third kappa shape index (κ3) is 7.48. The van der Waals surface area contributed by atoms with Gasteiger partial charge in [-0.3, -0.25) is 9.80 Å². The summed E-state index contributed by atoms with van der Waals surface area (Å²) < 4.78 is 0. The van der Waals surface area contributed by atoms with Crippen molar-refractivity contribution in [3.8, 4) is 0 Å². The van der Waals surface area contributed by atoms with Gasteiger partial charge in [-0.1, -0.05) is 36.4 Å². The Morgan fingerprint density at radius 2 is 0.964 bits per heavy atom.